The van der Waals surface area contributed by atoms with Gasteiger partial charge in [-0.05, 0) is 34.0 Å². The Morgan fingerprint density at radius 1 is 1.41 bits per heavy atom. The quantitative estimate of drug-likeness (QED) is 0.466. The second-order valence-electron chi connectivity index (χ2n) is 4.08. The van der Waals surface area contributed by atoms with Gasteiger partial charge >= 0.3 is 0 Å². The van der Waals surface area contributed by atoms with Crippen LogP contribution in [0.2, 0.25) is 0 Å². The van der Waals surface area contributed by atoms with Crippen LogP contribution in [0.5, 0.6) is 0 Å². The summed E-state index contributed by atoms with van der Waals surface area (Å²) < 4.78 is 23.1. The van der Waals surface area contributed by atoms with E-state index in [1.54, 1.807) is 11.9 Å². The largest absolute Gasteiger partial charge is 0.760 e. The van der Waals surface area contributed by atoms with Crippen molar-refractivity contribution < 1.29 is 13.9 Å². The predicted octanol–water partition coefficient (Wildman–Crippen LogP) is -0.303. The maximum Gasteiger partial charge on any atom is 0.163 e. The Morgan fingerprint density at radius 2 is 1.94 bits per heavy atom. The van der Waals surface area contributed by atoms with Crippen LogP contribution in [-0.4, -0.2) is 62.1 Å². The Balaban J connectivity index is 4.64. The minimum atomic E-state index is -2.24. The number of hydrogen-bond acceptors (Lipinski definition) is 5. The van der Waals surface area contributed by atoms with E-state index in [1.807, 2.05) is 20.8 Å². The first-order valence-corrected chi connectivity index (χ1v) is 6.85. The lowest BCUT2D eigenvalue weighted by Gasteiger charge is -2.39. The number of aliphatic hydroxyl groups is 1. The summed E-state index contributed by atoms with van der Waals surface area (Å²) in [5.41, 5.74) is 0. The SMILES string of the molecule is CCNC(O)N(C)[C@H](CC)[C@@H](C)N(C)S(=O)[O-]. The second-order valence-corrected chi connectivity index (χ2v) is 5.09. The van der Waals surface area contributed by atoms with Gasteiger partial charge in [0.2, 0.25) is 0 Å². The Hall–Kier alpha value is -0.0500. The van der Waals surface area contributed by atoms with Gasteiger partial charge < -0.3 is 9.66 Å². The summed E-state index contributed by atoms with van der Waals surface area (Å²) in [4.78, 5) is 1.75. The fourth-order valence-corrected chi connectivity index (χ4v) is 2.27. The summed E-state index contributed by atoms with van der Waals surface area (Å²) in [6.07, 6.45) is -0.0114. The summed E-state index contributed by atoms with van der Waals surface area (Å²) in [5, 5.41) is 12.7. The molecule has 0 saturated heterocycles. The minimum Gasteiger partial charge on any atom is -0.760 e. The number of hydrogen-bond donors (Lipinski definition) is 2. The molecule has 17 heavy (non-hydrogen) atoms. The zero-order chi connectivity index (χ0) is 13.6. The Kier molecular flexibility index (Phi) is 8.10. The fourth-order valence-electron chi connectivity index (χ4n) is 1.86. The molecule has 6 nitrogen and oxygen atoms in total. The summed E-state index contributed by atoms with van der Waals surface area (Å²) in [5.74, 6) is 0. The molecule has 4 atom stereocenters. The van der Waals surface area contributed by atoms with E-state index >= 15 is 0 Å². The molecule has 104 valence electrons. The number of rotatable bonds is 8. The van der Waals surface area contributed by atoms with Crippen molar-refractivity contribution in [3.05, 3.63) is 0 Å². The molecule has 2 unspecified atom stereocenters. The average Bonchev–Trinajstić information content (AvgIpc) is 2.28. The molecule has 2 N–H and O–H groups in total. The fraction of sp³-hybridized carbons (Fsp3) is 1.00. The van der Waals surface area contributed by atoms with Gasteiger partial charge in [0.05, 0.1) is 0 Å². The molecular formula is C10H24N3O3S-. The van der Waals surface area contributed by atoms with Crippen LogP contribution in [0.25, 0.3) is 0 Å². The molecule has 7 heteroatoms. The first-order chi connectivity index (χ1) is 7.86. The van der Waals surface area contributed by atoms with Crippen molar-refractivity contribution in [1.29, 1.82) is 0 Å². The van der Waals surface area contributed by atoms with Crippen molar-refractivity contribution in [3.63, 3.8) is 0 Å². The van der Waals surface area contributed by atoms with Crippen molar-refractivity contribution in [2.75, 3.05) is 20.6 Å². The maximum atomic E-state index is 10.9. The molecule has 0 rings (SSSR count). The topological polar surface area (TPSA) is 78.9 Å². The number of nitrogens with one attached hydrogen (secondary N) is 1. The van der Waals surface area contributed by atoms with Crippen molar-refractivity contribution >= 4 is 11.3 Å². The van der Waals surface area contributed by atoms with Gasteiger partial charge in [0.25, 0.3) is 0 Å². The molecule has 0 aromatic rings. The van der Waals surface area contributed by atoms with E-state index in [-0.39, 0.29) is 12.1 Å². The highest BCUT2D eigenvalue weighted by atomic mass is 32.2. The van der Waals surface area contributed by atoms with Crippen LogP contribution in [0.15, 0.2) is 0 Å². The summed E-state index contributed by atoms with van der Waals surface area (Å²) in [6, 6.07) is -0.247. The Bertz CT molecular complexity index is 243. The normalized spacial score (nSPS) is 19.4. The van der Waals surface area contributed by atoms with Gasteiger partial charge in [-0.15, -0.1) is 0 Å². The van der Waals surface area contributed by atoms with E-state index in [0.29, 0.717) is 6.54 Å². The molecule has 0 fully saturated rings. The van der Waals surface area contributed by atoms with E-state index in [0.717, 1.165) is 6.42 Å². The third-order valence-electron chi connectivity index (χ3n) is 3.08. The summed E-state index contributed by atoms with van der Waals surface area (Å²) in [6.45, 7) is 6.36. The summed E-state index contributed by atoms with van der Waals surface area (Å²) in [7, 11) is 3.31. The standard InChI is InChI=1S/C10H25N3O3S/c1-6-9(8(3)13(5)17(15)16)12(4)10(14)11-7-2/h8-11,14H,6-7H2,1-5H3,(H,15,16)/p-1/t8-,9-,10?/m1/s1. The third-order valence-corrected chi connectivity index (χ3v) is 3.88. The summed E-state index contributed by atoms with van der Waals surface area (Å²) >= 11 is -2.24. The molecular weight excluding hydrogens is 242 g/mol. The first kappa shape index (κ1) is 16.9. The number of nitrogens with zero attached hydrogens (tertiary/aromatic N) is 2. The molecule has 0 aromatic heterocycles. The van der Waals surface area contributed by atoms with E-state index in [9.17, 15) is 13.9 Å². The molecule has 0 bridgehead atoms. The van der Waals surface area contributed by atoms with E-state index in [4.69, 9.17) is 0 Å². The van der Waals surface area contributed by atoms with Crippen molar-refractivity contribution in [3.8, 4) is 0 Å². The van der Waals surface area contributed by atoms with Gasteiger partial charge in [-0.3, -0.25) is 14.4 Å². The first-order valence-electron chi connectivity index (χ1n) is 5.82. The van der Waals surface area contributed by atoms with Crippen LogP contribution < -0.4 is 5.32 Å². The van der Waals surface area contributed by atoms with Crippen molar-refractivity contribution in [1.82, 2.24) is 14.5 Å². The molecule has 0 radical (unpaired) electrons. The molecule has 0 aliphatic rings. The van der Waals surface area contributed by atoms with Gasteiger partial charge in [0.1, 0.15) is 0 Å². The predicted molar refractivity (Wildman–Crippen MR) is 67.7 cm³/mol. The molecule has 0 saturated carbocycles. The highest BCUT2D eigenvalue weighted by Gasteiger charge is 2.27. The molecule has 0 amide bonds. The monoisotopic (exact) mass is 266 g/mol. The Labute approximate surface area is 106 Å². The van der Waals surface area contributed by atoms with Gasteiger partial charge in [0.15, 0.2) is 6.35 Å². The zero-order valence-corrected chi connectivity index (χ0v) is 12.0. The van der Waals surface area contributed by atoms with Crippen molar-refractivity contribution in [2.24, 2.45) is 0 Å². The number of likely N-dealkylation sites (N-methyl/N-ethyl adjacent to an activating group) is 2. The van der Waals surface area contributed by atoms with Crippen LogP contribution in [-0.2, 0) is 11.3 Å². The van der Waals surface area contributed by atoms with Crippen LogP contribution >= 0.6 is 0 Å². The van der Waals surface area contributed by atoms with Gasteiger partial charge in [-0.2, -0.15) is 0 Å². The average molecular weight is 266 g/mol. The Morgan fingerprint density at radius 3 is 2.29 bits per heavy atom. The lowest BCUT2D eigenvalue weighted by Crippen LogP contribution is -2.55. The molecule has 0 aromatic carbocycles. The molecule has 0 spiro atoms. The third kappa shape index (κ3) is 4.99. The van der Waals surface area contributed by atoms with E-state index < -0.39 is 17.6 Å². The highest BCUT2D eigenvalue weighted by molar-refractivity contribution is 7.76. The lowest BCUT2D eigenvalue weighted by molar-refractivity contribution is -0.0427. The minimum absolute atomic E-state index is 0.0491. The van der Waals surface area contributed by atoms with E-state index in [2.05, 4.69) is 5.32 Å². The van der Waals surface area contributed by atoms with Crippen LogP contribution in [0.3, 0.4) is 0 Å². The van der Waals surface area contributed by atoms with Gasteiger partial charge in [-0.25, -0.2) is 4.31 Å². The second kappa shape index (κ2) is 8.12. The zero-order valence-electron chi connectivity index (χ0n) is 11.2. The highest BCUT2D eigenvalue weighted by Crippen LogP contribution is 2.14. The van der Waals surface area contributed by atoms with E-state index in [1.165, 1.54) is 11.4 Å². The lowest BCUT2D eigenvalue weighted by atomic mass is 10.1. The van der Waals surface area contributed by atoms with Crippen LogP contribution in [0.4, 0.5) is 0 Å². The van der Waals surface area contributed by atoms with Crippen LogP contribution in [0, 0.1) is 0 Å². The molecule has 0 aliphatic carbocycles. The molecule has 0 heterocycles. The maximum absolute atomic E-state index is 10.9. The van der Waals surface area contributed by atoms with Crippen molar-refractivity contribution in [2.45, 2.75) is 45.6 Å². The smallest absolute Gasteiger partial charge is 0.163 e. The number of aliphatic hydroxyl groups excluding tert-OH is 1. The molecule has 0 aliphatic heterocycles. The van der Waals surface area contributed by atoms with Gasteiger partial charge in [-0.1, -0.05) is 13.8 Å². The van der Waals surface area contributed by atoms with Crippen LogP contribution in [0.1, 0.15) is 27.2 Å². The van der Waals surface area contributed by atoms with Gasteiger partial charge in [0, 0.05) is 23.4 Å².